The number of aromatic nitrogens is 4. The molecule has 4 aromatic rings. The van der Waals surface area contributed by atoms with Crippen molar-refractivity contribution in [1.29, 1.82) is 0 Å². The van der Waals surface area contributed by atoms with Gasteiger partial charge in [-0.15, -0.1) is 16.8 Å². The van der Waals surface area contributed by atoms with Crippen LogP contribution in [0.3, 0.4) is 0 Å². The zero-order valence-electron chi connectivity index (χ0n) is 18.5. The summed E-state index contributed by atoms with van der Waals surface area (Å²) in [5.41, 5.74) is 2.03. The number of aryl methyl sites for hydroxylation is 1. The SMILES string of the molecule is C=CCn1c(=O)c2ccccc2n2c(SCC(=O)Nc3ccc(C)c(NS(C)(=O)=O)c3)nnc12. The second-order valence-corrected chi connectivity index (χ2v) is 10.3. The van der Waals surface area contributed by atoms with Crippen LogP contribution in [-0.2, 0) is 21.4 Å². The normalized spacial score (nSPS) is 11.6. The van der Waals surface area contributed by atoms with E-state index < -0.39 is 10.0 Å². The first-order chi connectivity index (χ1) is 16.2. The van der Waals surface area contributed by atoms with Gasteiger partial charge in [0.05, 0.1) is 28.6 Å². The van der Waals surface area contributed by atoms with Gasteiger partial charge in [0, 0.05) is 12.2 Å². The van der Waals surface area contributed by atoms with Gasteiger partial charge in [-0.3, -0.25) is 23.3 Å². The van der Waals surface area contributed by atoms with Crippen molar-refractivity contribution in [2.24, 2.45) is 0 Å². The molecule has 12 heteroatoms. The van der Waals surface area contributed by atoms with Gasteiger partial charge in [-0.05, 0) is 36.8 Å². The highest BCUT2D eigenvalue weighted by atomic mass is 32.2. The van der Waals surface area contributed by atoms with E-state index in [2.05, 4.69) is 26.8 Å². The van der Waals surface area contributed by atoms with Crippen LogP contribution in [0.25, 0.3) is 16.7 Å². The third-order valence-electron chi connectivity index (χ3n) is 4.94. The monoisotopic (exact) mass is 498 g/mol. The van der Waals surface area contributed by atoms with Gasteiger partial charge in [0.25, 0.3) is 5.56 Å². The molecule has 2 heterocycles. The lowest BCUT2D eigenvalue weighted by atomic mass is 10.2. The lowest BCUT2D eigenvalue weighted by Gasteiger charge is -2.11. The van der Waals surface area contributed by atoms with Crippen molar-refractivity contribution in [3.63, 3.8) is 0 Å². The molecule has 0 bridgehead atoms. The number of hydrogen-bond acceptors (Lipinski definition) is 7. The number of benzene rings is 2. The van der Waals surface area contributed by atoms with Crippen molar-refractivity contribution < 1.29 is 13.2 Å². The molecule has 1 amide bonds. The zero-order chi connectivity index (χ0) is 24.5. The molecule has 0 spiro atoms. The van der Waals surface area contributed by atoms with E-state index in [0.717, 1.165) is 11.8 Å². The first-order valence-electron chi connectivity index (χ1n) is 10.2. The van der Waals surface area contributed by atoms with E-state index in [1.165, 1.54) is 16.3 Å². The van der Waals surface area contributed by atoms with Crippen LogP contribution >= 0.6 is 11.8 Å². The van der Waals surface area contributed by atoms with Crippen molar-refractivity contribution in [2.75, 3.05) is 22.0 Å². The molecule has 34 heavy (non-hydrogen) atoms. The summed E-state index contributed by atoms with van der Waals surface area (Å²) in [5, 5.41) is 12.1. The molecular weight excluding hydrogens is 476 g/mol. The summed E-state index contributed by atoms with van der Waals surface area (Å²) in [6.07, 6.45) is 2.68. The Kier molecular flexibility index (Phi) is 6.44. The summed E-state index contributed by atoms with van der Waals surface area (Å²) < 4.78 is 28.8. The fourth-order valence-corrected chi connectivity index (χ4v) is 4.82. The Morgan fingerprint density at radius 3 is 2.71 bits per heavy atom. The number of allylic oxidation sites excluding steroid dienone is 1. The third-order valence-corrected chi connectivity index (χ3v) is 6.46. The number of hydrogen-bond donors (Lipinski definition) is 2. The fraction of sp³-hybridized carbons (Fsp3) is 0.182. The largest absolute Gasteiger partial charge is 0.325 e. The lowest BCUT2D eigenvalue weighted by Crippen LogP contribution is -2.22. The Balaban J connectivity index is 1.59. The quantitative estimate of drug-likeness (QED) is 0.282. The van der Waals surface area contributed by atoms with Gasteiger partial charge in [-0.25, -0.2) is 8.42 Å². The summed E-state index contributed by atoms with van der Waals surface area (Å²) in [7, 11) is -3.45. The second kappa shape index (κ2) is 9.31. The smallest absolute Gasteiger partial charge is 0.263 e. The Hall–Kier alpha value is -3.64. The molecule has 2 N–H and O–H groups in total. The van der Waals surface area contributed by atoms with Crippen molar-refractivity contribution >= 4 is 55.7 Å². The van der Waals surface area contributed by atoms with Gasteiger partial charge >= 0.3 is 0 Å². The van der Waals surface area contributed by atoms with Crippen molar-refractivity contribution in [3.8, 4) is 0 Å². The number of carbonyl (C=O) groups excluding carboxylic acids is 1. The molecule has 176 valence electrons. The Morgan fingerprint density at radius 2 is 1.97 bits per heavy atom. The minimum absolute atomic E-state index is 0.0262. The zero-order valence-corrected chi connectivity index (χ0v) is 20.1. The summed E-state index contributed by atoms with van der Waals surface area (Å²) in [4.78, 5) is 25.5. The summed E-state index contributed by atoms with van der Waals surface area (Å²) >= 11 is 1.17. The molecule has 0 aliphatic carbocycles. The molecule has 0 saturated carbocycles. The molecule has 0 saturated heterocycles. The average Bonchev–Trinajstić information content (AvgIpc) is 3.20. The molecule has 0 radical (unpaired) electrons. The van der Waals surface area contributed by atoms with E-state index in [1.807, 2.05) is 6.07 Å². The number of carbonyl (C=O) groups is 1. The summed E-state index contributed by atoms with van der Waals surface area (Å²) in [6.45, 7) is 5.75. The van der Waals surface area contributed by atoms with Crippen LogP contribution in [0.2, 0.25) is 0 Å². The number of thioether (sulfide) groups is 1. The molecular formula is C22H22N6O4S2. The van der Waals surface area contributed by atoms with Crippen LogP contribution < -0.4 is 15.6 Å². The van der Waals surface area contributed by atoms with Gasteiger partial charge < -0.3 is 5.32 Å². The van der Waals surface area contributed by atoms with Gasteiger partial charge in [-0.2, -0.15) is 0 Å². The number of fused-ring (bicyclic) bond motifs is 3. The molecule has 4 rings (SSSR count). The fourth-order valence-electron chi connectivity index (χ4n) is 3.46. The predicted molar refractivity (Wildman–Crippen MR) is 134 cm³/mol. The minimum Gasteiger partial charge on any atom is -0.325 e. The standard InChI is InChI=1S/C22H22N6O4S2/c1-4-11-27-20(30)16-7-5-6-8-18(16)28-21(27)24-25-22(28)33-13-19(29)23-15-10-9-14(2)17(12-15)26-34(3,31)32/h4-10,12,26H,1,11,13H2,2-3H3,(H,23,29). The van der Waals surface area contributed by atoms with E-state index in [-0.39, 0.29) is 23.8 Å². The van der Waals surface area contributed by atoms with E-state index in [9.17, 15) is 18.0 Å². The maximum absolute atomic E-state index is 12.9. The third kappa shape index (κ3) is 4.82. The molecule has 0 aliphatic rings. The lowest BCUT2D eigenvalue weighted by molar-refractivity contribution is -0.113. The highest BCUT2D eigenvalue weighted by Crippen LogP contribution is 2.24. The van der Waals surface area contributed by atoms with Gasteiger partial charge in [0.1, 0.15) is 0 Å². The summed E-state index contributed by atoms with van der Waals surface area (Å²) in [6, 6.07) is 12.1. The number of rotatable bonds is 8. The number of amides is 1. The van der Waals surface area contributed by atoms with E-state index in [1.54, 1.807) is 53.8 Å². The van der Waals surface area contributed by atoms with Gasteiger partial charge in [-0.1, -0.05) is 36.0 Å². The first-order valence-corrected chi connectivity index (χ1v) is 13.0. The van der Waals surface area contributed by atoms with E-state index in [4.69, 9.17) is 0 Å². The van der Waals surface area contributed by atoms with Crippen LogP contribution in [0, 0.1) is 6.92 Å². The number of sulfonamides is 1. The number of anilines is 2. The van der Waals surface area contributed by atoms with Gasteiger partial charge in [0.2, 0.25) is 21.7 Å². The van der Waals surface area contributed by atoms with Crippen molar-refractivity contribution in [3.05, 3.63) is 71.0 Å². The van der Waals surface area contributed by atoms with Crippen LogP contribution in [0.15, 0.2) is 65.1 Å². The van der Waals surface area contributed by atoms with E-state index in [0.29, 0.717) is 33.2 Å². The topological polar surface area (TPSA) is 127 Å². The maximum Gasteiger partial charge on any atom is 0.263 e. The predicted octanol–water partition coefficient (Wildman–Crippen LogP) is 2.64. The van der Waals surface area contributed by atoms with Crippen LogP contribution in [0.4, 0.5) is 11.4 Å². The van der Waals surface area contributed by atoms with Crippen molar-refractivity contribution in [1.82, 2.24) is 19.2 Å². The highest BCUT2D eigenvalue weighted by Gasteiger charge is 2.17. The minimum atomic E-state index is -3.45. The Labute approximate surface area is 199 Å². The highest BCUT2D eigenvalue weighted by molar-refractivity contribution is 7.99. The maximum atomic E-state index is 12.9. The average molecular weight is 499 g/mol. The summed E-state index contributed by atoms with van der Waals surface area (Å²) in [5.74, 6) is 0.0828. The Bertz CT molecular complexity index is 1590. The molecule has 0 fully saturated rings. The van der Waals surface area contributed by atoms with Crippen molar-refractivity contribution in [2.45, 2.75) is 18.6 Å². The number of nitrogens with zero attached hydrogens (tertiary/aromatic N) is 4. The number of nitrogens with one attached hydrogen (secondary N) is 2. The molecule has 2 aromatic heterocycles. The molecule has 2 aromatic carbocycles. The molecule has 0 atom stereocenters. The van der Waals surface area contributed by atoms with Crippen LogP contribution in [0.1, 0.15) is 5.56 Å². The van der Waals surface area contributed by atoms with Gasteiger partial charge in [0.15, 0.2) is 5.16 Å². The van der Waals surface area contributed by atoms with E-state index >= 15 is 0 Å². The van der Waals surface area contributed by atoms with Crippen LogP contribution in [-0.4, -0.2) is 45.5 Å². The first kappa shape index (κ1) is 23.5. The van der Waals surface area contributed by atoms with Crippen LogP contribution in [0.5, 0.6) is 0 Å². The Morgan fingerprint density at radius 1 is 1.21 bits per heavy atom. The molecule has 0 unspecified atom stereocenters. The molecule has 10 nitrogen and oxygen atoms in total. The second-order valence-electron chi connectivity index (χ2n) is 7.58. The molecule has 0 aliphatic heterocycles. The number of para-hydroxylation sites is 1.